The second kappa shape index (κ2) is 8.02. The molecule has 4 rings (SSSR count). The van der Waals surface area contributed by atoms with Crippen LogP contribution in [0.1, 0.15) is 42.3 Å². The van der Waals surface area contributed by atoms with Crippen LogP contribution in [0.5, 0.6) is 0 Å². The van der Waals surface area contributed by atoms with E-state index in [1.807, 2.05) is 36.9 Å². The molecule has 3 aromatic rings. The third-order valence-corrected chi connectivity index (χ3v) is 5.16. The molecule has 0 atom stereocenters. The van der Waals surface area contributed by atoms with Crippen molar-refractivity contribution in [3.8, 4) is 11.1 Å². The van der Waals surface area contributed by atoms with Crippen LogP contribution < -0.4 is 5.32 Å². The summed E-state index contributed by atoms with van der Waals surface area (Å²) in [6.45, 7) is 4.08. The molecule has 1 aromatic carbocycles. The minimum atomic E-state index is -4.40. The summed E-state index contributed by atoms with van der Waals surface area (Å²) in [6, 6.07) is 6.74. The minimum Gasteiger partial charge on any atom is -0.325 e. The van der Waals surface area contributed by atoms with Crippen molar-refractivity contribution in [3.63, 3.8) is 0 Å². The van der Waals surface area contributed by atoms with Crippen molar-refractivity contribution in [1.29, 1.82) is 0 Å². The number of benzene rings is 1. The molecule has 1 N–H and O–H groups in total. The SMILES string of the molecule is CC(C)n1cc(-c2ccnc3c2C(NC(=O)Cc2ccc(C(F)(F)F)cc2)=CC3)cn1. The molecule has 2 heterocycles. The number of hydrogen-bond donors (Lipinski definition) is 1. The number of allylic oxidation sites excluding steroid dienone is 1. The van der Waals surface area contributed by atoms with Gasteiger partial charge in [0.2, 0.25) is 5.91 Å². The van der Waals surface area contributed by atoms with Crippen LogP contribution >= 0.6 is 0 Å². The van der Waals surface area contributed by atoms with Gasteiger partial charge in [0.1, 0.15) is 0 Å². The molecule has 1 aliphatic carbocycles. The van der Waals surface area contributed by atoms with Crippen LogP contribution in [0.4, 0.5) is 13.2 Å². The van der Waals surface area contributed by atoms with Gasteiger partial charge in [0, 0.05) is 41.7 Å². The van der Waals surface area contributed by atoms with Gasteiger partial charge in [-0.05, 0) is 43.2 Å². The van der Waals surface area contributed by atoms with E-state index >= 15 is 0 Å². The summed E-state index contributed by atoms with van der Waals surface area (Å²) in [5, 5.41) is 7.29. The molecule has 0 fully saturated rings. The van der Waals surface area contributed by atoms with Crippen LogP contribution in [-0.4, -0.2) is 20.7 Å². The van der Waals surface area contributed by atoms with Gasteiger partial charge in [0.25, 0.3) is 0 Å². The Morgan fingerprint density at radius 3 is 2.58 bits per heavy atom. The topological polar surface area (TPSA) is 59.8 Å². The minimum absolute atomic E-state index is 0.0221. The molecule has 2 aromatic heterocycles. The number of amides is 1. The van der Waals surface area contributed by atoms with E-state index in [2.05, 4.69) is 15.4 Å². The highest BCUT2D eigenvalue weighted by Gasteiger charge is 2.30. The Balaban J connectivity index is 1.52. The summed E-state index contributed by atoms with van der Waals surface area (Å²) >= 11 is 0. The van der Waals surface area contributed by atoms with Crippen molar-refractivity contribution in [1.82, 2.24) is 20.1 Å². The second-order valence-electron chi connectivity index (χ2n) is 7.72. The van der Waals surface area contributed by atoms with Crippen molar-refractivity contribution in [3.05, 3.63) is 77.4 Å². The van der Waals surface area contributed by atoms with E-state index in [0.29, 0.717) is 17.7 Å². The lowest BCUT2D eigenvalue weighted by Crippen LogP contribution is -2.23. The maximum Gasteiger partial charge on any atom is 0.416 e. The summed E-state index contributed by atoms with van der Waals surface area (Å²) in [6.07, 6.45) is 3.56. The highest BCUT2D eigenvalue weighted by molar-refractivity contribution is 5.93. The molecule has 0 spiro atoms. The lowest BCUT2D eigenvalue weighted by molar-refractivity contribution is -0.137. The zero-order chi connectivity index (χ0) is 22.2. The standard InChI is InChI=1S/C23H21F3N4O/c1-14(2)30-13-16(12-28-30)18-9-10-27-19-7-8-20(22(18)19)29-21(31)11-15-3-5-17(6-4-15)23(24,25)26/h3-6,8-10,12-14H,7,11H2,1-2H3,(H,29,31). The summed E-state index contributed by atoms with van der Waals surface area (Å²) in [7, 11) is 0. The van der Waals surface area contributed by atoms with Crippen molar-refractivity contribution < 1.29 is 18.0 Å². The van der Waals surface area contributed by atoms with Crippen LogP contribution in [0.15, 0.2) is 55.0 Å². The summed E-state index contributed by atoms with van der Waals surface area (Å²) in [5.74, 6) is -0.300. The Morgan fingerprint density at radius 2 is 1.94 bits per heavy atom. The number of aromatic nitrogens is 3. The van der Waals surface area contributed by atoms with Crippen molar-refractivity contribution in [2.75, 3.05) is 0 Å². The Morgan fingerprint density at radius 1 is 1.19 bits per heavy atom. The first-order valence-corrected chi connectivity index (χ1v) is 9.91. The zero-order valence-electron chi connectivity index (χ0n) is 17.1. The number of nitrogens with one attached hydrogen (secondary N) is 1. The van der Waals surface area contributed by atoms with E-state index < -0.39 is 11.7 Å². The van der Waals surface area contributed by atoms with Crippen molar-refractivity contribution in [2.24, 2.45) is 0 Å². The predicted octanol–water partition coefficient (Wildman–Crippen LogP) is 4.80. The molecule has 5 nitrogen and oxygen atoms in total. The third kappa shape index (κ3) is 4.38. The molecular formula is C23H21F3N4O. The summed E-state index contributed by atoms with van der Waals surface area (Å²) in [4.78, 5) is 17.0. The van der Waals surface area contributed by atoms with Gasteiger partial charge in [-0.3, -0.25) is 14.5 Å². The average Bonchev–Trinajstić information content (AvgIpc) is 3.35. The van der Waals surface area contributed by atoms with E-state index in [-0.39, 0.29) is 18.4 Å². The second-order valence-corrected chi connectivity index (χ2v) is 7.72. The average molecular weight is 426 g/mol. The largest absolute Gasteiger partial charge is 0.416 e. The molecule has 0 bridgehead atoms. The van der Waals surface area contributed by atoms with Gasteiger partial charge < -0.3 is 5.32 Å². The highest BCUT2D eigenvalue weighted by Crippen LogP contribution is 2.34. The van der Waals surface area contributed by atoms with Gasteiger partial charge in [-0.2, -0.15) is 18.3 Å². The first kappa shape index (κ1) is 20.8. The highest BCUT2D eigenvalue weighted by atomic mass is 19.4. The maximum absolute atomic E-state index is 12.7. The quantitative estimate of drug-likeness (QED) is 0.638. The van der Waals surface area contributed by atoms with Crippen LogP contribution in [-0.2, 0) is 23.8 Å². The van der Waals surface area contributed by atoms with Crippen LogP contribution in [0.3, 0.4) is 0 Å². The number of fused-ring (bicyclic) bond motifs is 1. The van der Waals surface area contributed by atoms with E-state index in [1.54, 1.807) is 12.4 Å². The predicted molar refractivity (Wildman–Crippen MR) is 111 cm³/mol. The Labute approximate surface area is 177 Å². The molecule has 0 unspecified atom stereocenters. The van der Waals surface area contributed by atoms with Gasteiger partial charge in [-0.25, -0.2) is 0 Å². The number of alkyl halides is 3. The normalized spacial score (nSPS) is 13.3. The molecular weight excluding hydrogens is 405 g/mol. The fourth-order valence-corrected chi connectivity index (χ4v) is 3.57. The molecule has 31 heavy (non-hydrogen) atoms. The molecule has 1 amide bonds. The van der Waals surface area contributed by atoms with E-state index in [0.717, 1.165) is 34.5 Å². The van der Waals surface area contributed by atoms with E-state index in [9.17, 15) is 18.0 Å². The molecule has 8 heteroatoms. The Kier molecular flexibility index (Phi) is 5.39. The number of rotatable bonds is 5. The number of hydrogen-bond acceptors (Lipinski definition) is 3. The van der Waals surface area contributed by atoms with Crippen LogP contribution in [0.25, 0.3) is 16.8 Å². The lowest BCUT2D eigenvalue weighted by Gasteiger charge is -2.13. The summed E-state index contributed by atoms with van der Waals surface area (Å²) in [5.41, 5.74) is 4.00. The Bertz CT molecular complexity index is 1140. The molecule has 160 valence electrons. The number of nitrogens with zero attached hydrogens (tertiary/aromatic N) is 3. The lowest BCUT2D eigenvalue weighted by atomic mass is 10.0. The molecule has 0 radical (unpaired) electrons. The van der Waals surface area contributed by atoms with Gasteiger partial charge in [-0.1, -0.05) is 18.2 Å². The van der Waals surface area contributed by atoms with Gasteiger partial charge in [0.05, 0.1) is 23.9 Å². The monoisotopic (exact) mass is 426 g/mol. The molecule has 0 aliphatic heterocycles. The van der Waals surface area contributed by atoms with E-state index in [1.165, 1.54) is 12.1 Å². The fraction of sp³-hybridized carbons (Fsp3) is 0.261. The van der Waals surface area contributed by atoms with Gasteiger partial charge >= 0.3 is 6.18 Å². The Hall–Kier alpha value is -3.42. The third-order valence-electron chi connectivity index (χ3n) is 5.16. The number of carbonyl (C=O) groups excluding carboxylic acids is 1. The van der Waals surface area contributed by atoms with Crippen LogP contribution in [0.2, 0.25) is 0 Å². The molecule has 0 saturated carbocycles. The van der Waals surface area contributed by atoms with E-state index in [4.69, 9.17) is 0 Å². The van der Waals surface area contributed by atoms with Gasteiger partial charge in [0.15, 0.2) is 0 Å². The number of pyridine rings is 1. The number of carbonyl (C=O) groups is 1. The smallest absolute Gasteiger partial charge is 0.325 e. The fourth-order valence-electron chi connectivity index (χ4n) is 3.57. The zero-order valence-corrected chi connectivity index (χ0v) is 17.1. The first-order chi connectivity index (χ1) is 14.7. The molecule has 0 saturated heterocycles. The number of halogens is 3. The first-order valence-electron chi connectivity index (χ1n) is 9.91. The molecule has 1 aliphatic rings. The van der Waals surface area contributed by atoms with Crippen molar-refractivity contribution in [2.45, 2.75) is 38.9 Å². The summed E-state index contributed by atoms with van der Waals surface area (Å²) < 4.78 is 40.0. The maximum atomic E-state index is 12.7. The van der Waals surface area contributed by atoms with Gasteiger partial charge in [-0.15, -0.1) is 0 Å². The van der Waals surface area contributed by atoms with Crippen LogP contribution in [0, 0.1) is 0 Å². The van der Waals surface area contributed by atoms with Crippen molar-refractivity contribution >= 4 is 11.6 Å².